The highest BCUT2D eigenvalue weighted by atomic mass is 16.6. The van der Waals surface area contributed by atoms with E-state index in [4.69, 9.17) is 18.9 Å². The molecule has 1 amide bonds. The number of nitro benzene ring substituents is 1. The molecule has 1 N–H and O–H groups in total. The predicted molar refractivity (Wildman–Crippen MR) is 101 cm³/mol. The van der Waals surface area contributed by atoms with Crippen LogP contribution in [0, 0.1) is 10.1 Å². The summed E-state index contributed by atoms with van der Waals surface area (Å²) in [5.41, 5.74) is 2.64. The van der Waals surface area contributed by atoms with Crippen molar-refractivity contribution < 1.29 is 28.7 Å². The Balaban J connectivity index is 2.26. The molecule has 28 heavy (non-hydrogen) atoms. The SMILES string of the molecule is COc1cc(OC)cc(C(=O)N/N=C\c2cc([N+](=O)[O-])c(OC)cc2OC)c1. The summed E-state index contributed by atoms with van der Waals surface area (Å²) in [6.45, 7) is 0. The highest BCUT2D eigenvalue weighted by Gasteiger charge is 2.19. The summed E-state index contributed by atoms with van der Waals surface area (Å²) in [6, 6.07) is 7.27. The second kappa shape index (κ2) is 9.21. The number of rotatable bonds is 8. The van der Waals surface area contributed by atoms with E-state index in [9.17, 15) is 14.9 Å². The van der Waals surface area contributed by atoms with E-state index in [-0.39, 0.29) is 17.0 Å². The van der Waals surface area contributed by atoms with Crippen LogP contribution in [-0.2, 0) is 0 Å². The van der Waals surface area contributed by atoms with Crippen LogP contribution in [0.15, 0.2) is 35.4 Å². The zero-order valence-electron chi connectivity index (χ0n) is 15.7. The Morgan fingerprint density at radius 2 is 1.57 bits per heavy atom. The first-order valence-electron chi connectivity index (χ1n) is 7.90. The summed E-state index contributed by atoms with van der Waals surface area (Å²) >= 11 is 0. The van der Waals surface area contributed by atoms with Gasteiger partial charge in [-0.3, -0.25) is 14.9 Å². The van der Waals surface area contributed by atoms with Gasteiger partial charge in [-0.1, -0.05) is 0 Å². The lowest BCUT2D eigenvalue weighted by atomic mass is 10.1. The van der Waals surface area contributed by atoms with E-state index in [1.54, 1.807) is 6.07 Å². The molecule has 10 nitrogen and oxygen atoms in total. The van der Waals surface area contributed by atoms with Crippen molar-refractivity contribution >= 4 is 17.8 Å². The van der Waals surface area contributed by atoms with Crippen LogP contribution < -0.4 is 24.4 Å². The van der Waals surface area contributed by atoms with E-state index < -0.39 is 10.8 Å². The minimum Gasteiger partial charge on any atom is -0.497 e. The first-order valence-corrected chi connectivity index (χ1v) is 7.90. The summed E-state index contributed by atoms with van der Waals surface area (Å²) in [5.74, 6) is 0.715. The number of ether oxygens (including phenoxy) is 4. The van der Waals surface area contributed by atoms with Crippen molar-refractivity contribution in [3.63, 3.8) is 0 Å². The molecule has 0 fully saturated rings. The van der Waals surface area contributed by atoms with Crippen molar-refractivity contribution in [1.82, 2.24) is 5.43 Å². The van der Waals surface area contributed by atoms with Gasteiger partial charge in [-0.05, 0) is 12.1 Å². The summed E-state index contributed by atoms with van der Waals surface area (Å²) in [4.78, 5) is 22.9. The van der Waals surface area contributed by atoms with Gasteiger partial charge in [0.15, 0.2) is 0 Å². The number of benzene rings is 2. The van der Waals surface area contributed by atoms with Gasteiger partial charge < -0.3 is 18.9 Å². The Morgan fingerprint density at radius 1 is 0.964 bits per heavy atom. The molecule has 0 saturated heterocycles. The Morgan fingerprint density at radius 3 is 2.07 bits per heavy atom. The molecule has 0 radical (unpaired) electrons. The number of hydrogen-bond donors (Lipinski definition) is 1. The average molecular weight is 389 g/mol. The maximum Gasteiger partial charge on any atom is 0.311 e. The fourth-order valence-electron chi connectivity index (χ4n) is 2.31. The van der Waals surface area contributed by atoms with Crippen molar-refractivity contribution in [2.75, 3.05) is 28.4 Å². The van der Waals surface area contributed by atoms with Crippen molar-refractivity contribution in [2.24, 2.45) is 5.10 Å². The van der Waals surface area contributed by atoms with E-state index >= 15 is 0 Å². The number of carbonyl (C=O) groups is 1. The number of hydrogen-bond acceptors (Lipinski definition) is 8. The van der Waals surface area contributed by atoms with Gasteiger partial charge in [0, 0.05) is 29.3 Å². The fraction of sp³-hybridized carbons (Fsp3) is 0.222. The standard InChI is InChI=1S/C18H19N3O7/c1-25-13-5-11(6-14(8-13)26-2)18(22)20-19-10-12-7-15(21(23)24)17(28-4)9-16(12)27-3/h5-10H,1-4H3,(H,20,22)/b19-10-. The van der Waals surface area contributed by atoms with E-state index in [0.717, 1.165) is 0 Å². The van der Waals surface area contributed by atoms with Gasteiger partial charge in [0.25, 0.3) is 5.91 Å². The molecule has 0 aliphatic rings. The highest BCUT2D eigenvalue weighted by molar-refractivity contribution is 5.96. The molecule has 10 heteroatoms. The largest absolute Gasteiger partial charge is 0.497 e. The summed E-state index contributed by atoms with van der Waals surface area (Å²) in [7, 11) is 5.66. The van der Waals surface area contributed by atoms with E-state index in [0.29, 0.717) is 22.8 Å². The lowest BCUT2D eigenvalue weighted by molar-refractivity contribution is -0.385. The zero-order chi connectivity index (χ0) is 20.7. The predicted octanol–water partition coefficient (Wildman–Crippen LogP) is 2.39. The molecule has 0 unspecified atom stereocenters. The lowest BCUT2D eigenvalue weighted by Gasteiger charge is -2.08. The second-order valence-electron chi connectivity index (χ2n) is 5.32. The molecule has 0 spiro atoms. The molecular weight excluding hydrogens is 370 g/mol. The normalized spacial score (nSPS) is 10.4. The number of carbonyl (C=O) groups excluding carboxylic acids is 1. The summed E-state index contributed by atoms with van der Waals surface area (Å²) < 4.78 is 20.4. The monoisotopic (exact) mass is 389 g/mol. The average Bonchev–Trinajstić information content (AvgIpc) is 2.72. The summed E-state index contributed by atoms with van der Waals surface area (Å²) in [6.07, 6.45) is 1.24. The van der Waals surface area contributed by atoms with Crippen LogP contribution in [0.4, 0.5) is 5.69 Å². The van der Waals surface area contributed by atoms with Crippen LogP contribution in [-0.4, -0.2) is 45.5 Å². The molecule has 148 valence electrons. The van der Waals surface area contributed by atoms with Gasteiger partial charge in [-0.25, -0.2) is 5.43 Å². The Labute approximate surface area is 160 Å². The maximum absolute atomic E-state index is 12.3. The molecule has 0 bridgehead atoms. The fourth-order valence-corrected chi connectivity index (χ4v) is 2.31. The summed E-state index contributed by atoms with van der Waals surface area (Å²) in [5, 5.41) is 15.0. The molecule has 2 aromatic carbocycles. The molecule has 0 atom stereocenters. The van der Waals surface area contributed by atoms with Crippen molar-refractivity contribution in [2.45, 2.75) is 0 Å². The smallest absolute Gasteiger partial charge is 0.311 e. The van der Waals surface area contributed by atoms with Crippen molar-refractivity contribution in [3.05, 3.63) is 51.6 Å². The van der Waals surface area contributed by atoms with Gasteiger partial charge in [0.2, 0.25) is 5.75 Å². The first-order chi connectivity index (χ1) is 13.4. The third kappa shape index (κ3) is 4.67. The second-order valence-corrected chi connectivity index (χ2v) is 5.32. The van der Waals surface area contributed by atoms with E-state index in [1.807, 2.05) is 0 Å². The number of hydrazone groups is 1. The topological polar surface area (TPSA) is 122 Å². The molecule has 0 aromatic heterocycles. The van der Waals surface area contributed by atoms with E-state index in [2.05, 4.69) is 10.5 Å². The van der Waals surface area contributed by atoms with Crippen LogP contribution in [0.25, 0.3) is 0 Å². The van der Waals surface area contributed by atoms with Gasteiger partial charge in [-0.15, -0.1) is 0 Å². The first kappa shape index (κ1) is 20.5. The minimum absolute atomic E-state index is 0.0477. The van der Waals surface area contributed by atoms with Crippen molar-refractivity contribution in [1.29, 1.82) is 0 Å². The van der Waals surface area contributed by atoms with Crippen LogP contribution in [0.2, 0.25) is 0 Å². The maximum atomic E-state index is 12.3. The van der Waals surface area contributed by atoms with Crippen LogP contribution in [0.5, 0.6) is 23.0 Å². The number of nitrogens with zero attached hydrogens (tertiary/aromatic N) is 2. The number of nitro groups is 1. The van der Waals surface area contributed by atoms with Crippen LogP contribution in [0.1, 0.15) is 15.9 Å². The number of amides is 1. The van der Waals surface area contributed by atoms with E-state index in [1.165, 1.54) is 58.9 Å². The number of methoxy groups -OCH3 is 4. The zero-order valence-corrected chi connectivity index (χ0v) is 15.7. The third-order valence-corrected chi connectivity index (χ3v) is 3.71. The number of nitrogens with one attached hydrogen (secondary N) is 1. The molecular formula is C18H19N3O7. The highest BCUT2D eigenvalue weighted by Crippen LogP contribution is 2.33. The quantitative estimate of drug-likeness (QED) is 0.418. The van der Waals surface area contributed by atoms with Gasteiger partial charge in [0.05, 0.1) is 39.6 Å². The Kier molecular flexibility index (Phi) is 6.74. The third-order valence-electron chi connectivity index (χ3n) is 3.71. The van der Waals surface area contributed by atoms with Crippen molar-refractivity contribution in [3.8, 4) is 23.0 Å². The minimum atomic E-state index is -0.587. The Hall–Kier alpha value is -3.82. The van der Waals surface area contributed by atoms with Crippen LogP contribution >= 0.6 is 0 Å². The molecule has 0 saturated carbocycles. The lowest BCUT2D eigenvalue weighted by Crippen LogP contribution is -2.17. The van der Waals surface area contributed by atoms with Gasteiger partial charge in [-0.2, -0.15) is 5.10 Å². The molecule has 0 aliphatic carbocycles. The van der Waals surface area contributed by atoms with Gasteiger partial charge >= 0.3 is 5.69 Å². The molecule has 0 heterocycles. The molecule has 2 rings (SSSR count). The molecule has 2 aromatic rings. The Bertz CT molecular complexity index is 890. The van der Waals surface area contributed by atoms with Crippen LogP contribution in [0.3, 0.4) is 0 Å². The molecule has 0 aliphatic heterocycles. The van der Waals surface area contributed by atoms with Gasteiger partial charge in [0.1, 0.15) is 17.2 Å².